The van der Waals surface area contributed by atoms with Crippen molar-refractivity contribution in [2.75, 3.05) is 16.8 Å². The minimum absolute atomic E-state index is 0.0772. The normalized spacial score (nSPS) is 13.7. The summed E-state index contributed by atoms with van der Waals surface area (Å²) in [7, 11) is 0. The second kappa shape index (κ2) is 7.88. The lowest BCUT2D eigenvalue weighted by Gasteiger charge is -2.17. The molecule has 1 saturated heterocycles. The van der Waals surface area contributed by atoms with E-state index < -0.39 is 0 Å². The Hall–Kier alpha value is -4.07. The largest absolute Gasteiger partial charge is 0.335 e. The zero-order chi connectivity index (χ0) is 22.2. The Morgan fingerprint density at radius 2 is 1.97 bits per heavy atom. The summed E-state index contributed by atoms with van der Waals surface area (Å²) >= 11 is 0. The maximum Gasteiger partial charge on any atom is 0.259 e. The number of hydrogen-bond acceptors (Lipinski definition) is 5. The van der Waals surface area contributed by atoms with Crippen molar-refractivity contribution in [3.63, 3.8) is 0 Å². The fraction of sp³-hybridized carbons (Fsp3) is 0.167. The Morgan fingerprint density at radius 1 is 1.16 bits per heavy atom. The predicted octanol–water partition coefficient (Wildman–Crippen LogP) is 4.72. The third-order valence-corrected chi connectivity index (χ3v) is 5.49. The molecule has 8 heteroatoms. The van der Waals surface area contributed by atoms with Crippen LogP contribution in [0.5, 0.6) is 0 Å². The summed E-state index contributed by atoms with van der Waals surface area (Å²) in [5, 5.41) is 7.36. The van der Waals surface area contributed by atoms with Gasteiger partial charge in [-0.15, -0.1) is 0 Å². The number of pyridine rings is 1. The molecule has 0 radical (unpaired) electrons. The fourth-order valence-corrected chi connectivity index (χ4v) is 3.91. The van der Waals surface area contributed by atoms with E-state index in [1.807, 2.05) is 6.07 Å². The van der Waals surface area contributed by atoms with Gasteiger partial charge in [-0.1, -0.05) is 11.2 Å². The van der Waals surface area contributed by atoms with Crippen molar-refractivity contribution in [1.29, 1.82) is 0 Å². The first-order valence-corrected chi connectivity index (χ1v) is 10.2. The van der Waals surface area contributed by atoms with Crippen molar-refractivity contribution in [2.24, 2.45) is 0 Å². The highest BCUT2D eigenvalue weighted by atomic mass is 19.1. The van der Waals surface area contributed by atoms with E-state index in [1.165, 1.54) is 12.1 Å². The zero-order valence-corrected chi connectivity index (χ0v) is 17.3. The number of anilines is 2. The summed E-state index contributed by atoms with van der Waals surface area (Å²) in [6.07, 6.45) is 1.36. The molecule has 1 fully saturated rings. The van der Waals surface area contributed by atoms with E-state index in [1.54, 1.807) is 48.2 Å². The van der Waals surface area contributed by atoms with Gasteiger partial charge in [-0.3, -0.25) is 9.59 Å². The molecule has 0 spiro atoms. The van der Waals surface area contributed by atoms with E-state index in [0.717, 1.165) is 12.1 Å². The van der Waals surface area contributed by atoms with Crippen LogP contribution in [0, 0.1) is 12.7 Å². The minimum Gasteiger partial charge on any atom is -0.335 e. The first-order valence-electron chi connectivity index (χ1n) is 10.2. The number of hydrogen-bond donors (Lipinski definition) is 1. The Labute approximate surface area is 182 Å². The van der Waals surface area contributed by atoms with Gasteiger partial charge in [-0.25, -0.2) is 9.37 Å². The average Bonchev–Trinajstić information content (AvgIpc) is 3.39. The molecule has 3 heterocycles. The Kier molecular flexibility index (Phi) is 4.89. The smallest absolute Gasteiger partial charge is 0.259 e. The number of aryl methyl sites for hydroxylation is 1. The van der Waals surface area contributed by atoms with E-state index in [-0.39, 0.29) is 23.3 Å². The van der Waals surface area contributed by atoms with Gasteiger partial charge in [0.05, 0.1) is 22.3 Å². The molecule has 2 amide bonds. The maximum absolute atomic E-state index is 13.3. The van der Waals surface area contributed by atoms with Crippen LogP contribution in [0.15, 0.2) is 59.1 Å². The number of amides is 2. The SMILES string of the molecule is Cc1noc2nc(-c3ccc(F)cc3)cc(C(=O)Nc3cccc(N4CCCC4=O)c3)c12. The van der Waals surface area contributed by atoms with Crippen molar-refractivity contribution in [3.8, 4) is 11.3 Å². The number of fused-ring (bicyclic) bond motifs is 1. The number of carbonyl (C=O) groups excluding carboxylic acids is 2. The number of aromatic nitrogens is 2. The standard InChI is InChI=1S/C24H19FN4O3/c1-14-22-19(13-20(27-24(22)32-28-14)15-7-9-16(25)10-8-15)23(31)26-17-4-2-5-18(12-17)29-11-3-6-21(29)30/h2,4-5,7-10,12-13H,3,6,11H2,1H3,(H,26,31). The molecule has 2 aromatic heterocycles. The first-order chi connectivity index (χ1) is 15.5. The number of halogens is 1. The van der Waals surface area contributed by atoms with Crippen LogP contribution < -0.4 is 10.2 Å². The van der Waals surface area contributed by atoms with Gasteiger partial charge in [0.15, 0.2) is 0 Å². The van der Waals surface area contributed by atoms with Crippen molar-refractivity contribution in [2.45, 2.75) is 19.8 Å². The maximum atomic E-state index is 13.3. The fourth-order valence-electron chi connectivity index (χ4n) is 3.91. The number of nitrogens with one attached hydrogen (secondary N) is 1. The van der Waals surface area contributed by atoms with E-state index >= 15 is 0 Å². The van der Waals surface area contributed by atoms with Crippen LogP contribution in [0.25, 0.3) is 22.4 Å². The van der Waals surface area contributed by atoms with Crippen LogP contribution in [0.2, 0.25) is 0 Å². The predicted molar refractivity (Wildman–Crippen MR) is 118 cm³/mol. The summed E-state index contributed by atoms with van der Waals surface area (Å²) in [4.78, 5) is 31.5. The van der Waals surface area contributed by atoms with Crippen molar-refractivity contribution in [3.05, 3.63) is 71.7 Å². The van der Waals surface area contributed by atoms with E-state index in [2.05, 4.69) is 15.5 Å². The van der Waals surface area contributed by atoms with Crippen molar-refractivity contribution >= 4 is 34.3 Å². The number of carbonyl (C=O) groups is 2. The molecule has 1 N–H and O–H groups in total. The molecule has 5 rings (SSSR count). The minimum atomic E-state index is -0.364. The van der Waals surface area contributed by atoms with Crippen LogP contribution in [0.1, 0.15) is 28.9 Å². The van der Waals surface area contributed by atoms with Gasteiger partial charge in [-0.2, -0.15) is 0 Å². The highest BCUT2D eigenvalue weighted by molar-refractivity contribution is 6.13. The molecule has 4 aromatic rings. The van der Waals surface area contributed by atoms with Crippen LogP contribution >= 0.6 is 0 Å². The van der Waals surface area contributed by atoms with E-state index in [4.69, 9.17) is 4.52 Å². The Balaban J connectivity index is 1.51. The molecule has 0 aliphatic carbocycles. The molecule has 1 aliphatic heterocycles. The lowest BCUT2D eigenvalue weighted by Crippen LogP contribution is -2.23. The molecule has 0 bridgehead atoms. The monoisotopic (exact) mass is 430 g/mol. The molecular weight excluding hydrogens is 411 g/mol. The Morgan fingerprint density at radius 3 is 2.72 bits per heavy atom. The lowest BCUT2D eigenvalue weighted by molar-refractivity contribution is -0.117. The molecule has 0 saturated carbocycles. The average molecular weight is 430 g/mol. The molecule has 7 nitrogen and oxygen atoms in total. The van der Waals surface area contributed by atoms with Crippen LogP contribution in [0.3, 0.4) is 0 Å². The number of rotatable bonds is 4. The van der Waals surface area contributed by atoms with Gasteiger partial charge in [0.1, 0.15) is 5.82 Å². The summed E-state index contributed by atoms with van der Waals surface area (Å²) in [5.41, 5.74) is 3.54. The topological polar surface area (TPSA) is 88.3 Å². The van der Waals surface area contributed by atoms with E-state index in [9.17, 15) is 14.0 Å². The zero-order valence-electron chi connectivity index (χ0n) is 17.3. The van der Waals surface area contributed by atoms with Gasteiger partial charge >= 0.3 is 0 Å². The summed E-state index contributed by atoms with van der Waals surface area (Å²) < 4.78 is 18.7. The van der Waals surface area contributed by atoms with E-state index in [0.29, 0.717) is 46.6 Å². The highest BCUT2D eigenvalue weighted by Crippen LogP contribution is 2.29. The summed E-state index contributed by atoms with van der Waals surface area (Å²) in [5.74, 6) is -0.648. The molecule has 2 aromatic carbocycles. The highest BCUT2D eigenvalue weighted by Gasteiger charge is 2.23. The van der Waals surface area contributed by atoms with Crippen molar-refractivity contribution in [1.82, 2.24) is 10.1 Å². The molecule has 0 unspecified atom stereocenters. The molecule has 0 atom stereocenters. The Bertz CT molecular complexity index is 1350. The van der Waals surface area contributed by atoms with Gasteiger partial charge < -0.3 is 14.7 Å². The second-order valence-corrected chi connectivity index (χ2v) is 7.66. The molecule has 160 valence electrons. The second-order valence-electron chi connectivity index (χ2n) is 7.66. The third-order valence-electron chi connectivity index (χ3n) is 5.49. The molecule has 32 heavy (non-hydrogen) atoms. The first kappa shape index (κ1) is 19.9. The lowest BCUT2D eigenvalue weighted by atomic mass is 10.0. The van der Waals surface area contributed by atoms with Gasteiger partial charge in [-0.05, 0) is 61.9 Å². The van der Waals surface area contributed by atoms with Crippen LogP contribution in [-0.2, 0) is 4.79 Å². The number of benzene rings is 2. The van der Waals surface area contributed by atoms with Gasteiger partial charge in [0.25, 0.3) is 11.6 Å². The molecular formula is C24H19FN4O3. The van der Waals surface area contributed by atoms with Gasteiger partial charge in [0.2, 0.25) is 5.91 Å². The summed E-state index contributed by atoms with van der Waals surface area (Å²) in [6, 6.07) is 14.7. The van der Waals surface area contributed by atoms with Crippen LogP contribution in [-0.4, -0.2) is 28.5 Å². The van der Waals surface area contributed by atoms with Gasteiger partial charge in [0, 0.05) is 29.9 Å². The molecule has 1 aliphatic rings. The van der Waals surface area contributed by atoms with Crippen molar-refractivity contribution < 1.29 is 18.5 Å². The van der Waals surface area contributed by atoms with Crippen LogP contribution in [0.4, 0.5) is 15.8 Å². The number of nitrogens with zero attached hydrogens (tertiary/aromatic N) is 3. The third kappa shape index (κ3) is 3.60. The quantitative estimate of drug-likeness (QED) is 0.506. The summed E-state index contributed by atoms with van der Waals surface area (Å²) in [6.45, 7) is 2.41.